The number of aromatic nitrogens is 6. The molecule has 1 aliphatic rings. The number of hydrogen-bond acceptors (Lipinski definition) is 5. The summed E-state index contributed by atoms with van der Waals surface area (Å²) < 4.78 is 22.7. The normalized spacial score (nSPS) is 15.8. The monoisotopic (exact) mass is 430 g/mol. The fourth-order valence-corrected chi connectivity index (χ4v) is 4.05. The van der Waals surface area contributed by atoms with Crippen LogP contribution in [0.15, 0.2) is 49.1 Å². The Morgan fingerprint density at radius 3 is 2.75 bits per heavy atom. The van der Waals surface area contributed by atoms with Gasteiger partial charge < -0.3 is 4.74 Å². The van der Waals surface area contributed by atoms with E-state index in [2.05, 4.69) is 15.1 Å². The Morgan fingerprint density at radius 1 is 1.16 bits per heavy atom. The van der Waals surface area contributed by atoms with Crippen molar-refractivity contribution in [3.8, 4) is 11.6 Å². The lowest BCUT2D eigenvalue weighted by Crippen LogP contribution is -2.17. The maximum atomic E-state index is 13.3. The molecule has 0 saturated carbocycles. The summed E-state index contributed by atoms with van der Waals surface area (Å²) in [7, 11) is 1.62. The zero-order valence-corrected chi connectivity index (χ0v) is 17.9. The molecule has 8 heteroatoms. The van der Waals surface area contributed by atoms with Gasteiger partial charge in [-0.25, -0.2) is 24.0 Å². The highest BCUT2D eigenvalue weighted by atomic mass is 19.1. The molecule has 0 amide bonds. The quantitative estimate of drug-likeness (QED) is 0.469. The second-order valence-corrected chi connectivity index (χ2v) is 7.85. The second-order valence-electron chi connectivity index (χ2n) is 7.85. The molecule has 162 valence electrons. The summed E-state index contributed by atoms with van der Waals surface area (Å²) in [4.78, 5) is 13.6. The number of nitrogens with zero attached hydrogens (tertiary/aromatic N) is 6. The van der Waals surface area contributed by atoms with Crippen LogP contribution in [-0.4, -0.2) is 36.4 Å². The highest BCUT2D eigenvalue weighted by molar-refractivity contribution is 5.67. The lowest BCUT2D eigenvalue weighted by molar-refractivity contribution is 0.410. The van der Waals surface area contributed by atoms with Crippen LogP contribution in [0.3, 0.4) is 0 Å². The Bertz CT molecular complexity index is 1270. The Balaban J connectivity index is 1.40. The van der Waals surface area contributed by atoms with Crippen molar-refractivity contribution in [1.82, 2.24) is 29.3 Å². The highest BCUT2D eigenvalue weighted by Gasteiger charge is 2.25. The van der Waals surface area contributed by atoms with Crippen LogP contribution in [0.4, 0.5) is 4.39 Å². The topological polar surface area (TPSA) is 70.7 Å². The molecule has 1 unspecified atom stereocenters. The molecule has 1 aliphatic heterocycles. The maximum Gasteiger partial charge on any atom is 0.180 e. The van der Waals surface area contributed by atoms with Gasteiger partial charge in [0, 0.05) is 24.9 Å². The fourth-order valence-electron chi connectivity index (χ4n) is 4.05. The molecule has 1 aromatic carbocycles. The van der Waals surface area contributed by atoms with Gasteiger partial charge in [-0.2, -0.15) is 5.10 Å². The van der Waals surface area contributed by atoms with Crippen LogP contribution in [-0.2, 0) is 6.54 Å². The van der Waals surface area contributed by atoms with Crippen molar-refractivity contribution in [2.24, 2.45) is 0 Å². The van der Waals surface area contributed by atoms with Gasteiger partial charge in [-0.3, -0.25) is 4.57 Å². The minimum atomic E-state index is -0.229. The number of aryl methyl sites for hydroxylation is 2. The molecular formula is C24H23FN6O. The van der Waals surface area contributed by atoms with Crippen LogP contribution in [0, 0.1) is 12.7 Å². The van der Waals surface area contributed by atoms with Gasteiger partial charge in [0.2, 0.25) is 0 Å². The molecule has 32 heavy (non-hydrogen) atoms. The van der Waals surface area contributed by atoms with Gasteiger partial charge in [0.05, 0.1) is 12.8 Å². The predicted octanol–water partition coefficient (Wildman–Crippen LogP) is 4.41. The first-order chi connectivity index (χ1) is 15.6. The summed E-state index contributed by atoms with van der Waals surface area (Å²) in [6, 6.07) is 8.59. The van der Waals surface area contributed by atoms with Crippen molar-refractivity contribution in [2.45, 2.75) is 32.2 Å². The first kappa shape index (κ1) is 20.1. The molecule has 0 radical (unpaired) electrons. The van der Waals surface area contributed by atoms with Crippen LogP contribution < -0.4 is 4.74 Å². The van der Waals surface area contributed by atoms with E-state index in [1.807, 2.05) is 52.7 Å². The fraction of sp³-hybridized carbons (Fsp3) is 0.250. The van der Waals surface area contributed by atoms with E-state index in [9.17, 15) is 4.39 Å². The number of halogens is 1. The summed E-state index contributed by atoms with van der Waals surface area (Å²) >= 11 is 0. The second kappa shape index (κ2) is 8.37. The lowest BCUT2D eigenvalue weighted by Gasteiger charge is -2.22. The number of hydrogen-bond donors (Lipinski definition) is 0. The van der Waals surface area contributed by atoms with Gasteiger partial charge in [0.25, 0.3) is 0 Å². The number of imidazole rings is 1. The molecule has 0 N–H and O–H groups in total. The third-order valence-electron chi connectivity index (χ3n) is 5.62. The van der Waals surface area contributed by atoms with Crippen molar-refractivity contribution < 1.29 is 9.13 Å². The molecular weight excluding hydrogens is 407 g/mol. The molecule has 0 bridgehead atoms. The number of rotatable bonds is 5. The molecule has 0 aliphatic carbocycles. The van der Waals surface area contributed by atoms with Gasteiger partial charge in [-0.05, 0) is 61.2 Å². The molecule has 4 heterocycles. The first-order valence-electron chi connectivity index (χ1n) is 10.5. The molecule has 5 rings (SSSR count). The largest absolute Gasteiger partial charge is 0.493 e. The number of fused-ring (bicyclic) bond motifs is 1. The summed E-state index contributed by atoms with van der Waals surface area (Å²) in [6.07, 6.45) is 11.2. The van der Waals surface area contributed by atoms with Crippen LogP contribution in [0.2, 0.25) is 0 Å². The Kier molecular flexibility index (Phi) is 5.26. The molecule has 4 aromatic rings. The highest BCUT2D eigenvalue weighted by Crippen LogP contribution is 2.32. The van der Waals surface area contributed by atoms with E-state index in [1.54, 1.807) is 19.6 Å². The van der Waals surface area contributed by atoms with Gasteiger partial charge in [0.15, 0.2) is 17.4 Å². The molecule has 1 atom stereocenters. The minimum Gasteiger partial charge on any atom is -0.493 e. The third-order valence-corrected chi connectivity index (χ3v) is 5.62. The van der Waals surface area contributed by atoms with E-state index in [0.717, 1.165) is 42.0 Å². The molecule has 3 aromatic heterocycles. The number of methoxy groups -OCH3 is 1. The SMILES string of the molecule is COc1cc(/C=C/c2nc3n(n2)CCCC3c2ccc(F)cc2)cnc1-n1cnc(C)c1. The summed E-state index contributed by atoms with van der Waals surface area (Å²) in [6.45, 7) is 2.76. The van der Waals surface area contributed by atoms with Crippen molar-refractivity contribution in [3.05, 3.63) is 83.3 Å². The zero-order valence-electron chi connectivity index (χ0n) is 17.9. The lowest BCUT2D eigenvalue weighted by atomic mass is 9.91. The van der Waals surface area contributed by atoms with Gasteiger partial charge in [-0.15, -0.1) is 0 Å². The molecule has 0 spiro atoms. The van der Waals surface area contributed by atoms with E-state index in [4.69, 9.17) is 9.72 Å². The smallest absolute Gasteiger partial charge is 0.180 e. The molecule has 0 fully saturated rings. The Morgan fingerprint density at radius 2 is 2.00 bits per heavy atom. The Hall–Kier alpha value is -3.81. The van der Waals surface area contributed by atoms with E-state index in [0.29, 0.717) is 17.4 Å². The first-order valence-corrected chi connectivity index (χ1v) is 10.5. The van der Waals surface area contributed by atoms with E-state index < -0.39 is 0 Å². The maximum absolute atomic E-state index is 13.3. The summed E-state index contributed by atoms with van der Waals surface area (Å²) in [5.41, 5.74) is 2.85. The van der Waals surface area contributed by atoms with Crippen molar-refractivity contribution in [3.63, 3.8) is 0 Å². The number of ether oxygens (including phenoxy) is 1. The van der Waals surface area contributed by atoms with Crippen molar-refractivity contribution in [1.29, 1.82) is 0 Å². The van der Waals surface area contributed by atoms with E-state index in [1.165, 1.54) is 12.1 Å². The molecule has 7 nitrogen and oxygen atoms in total. The predicted molar refractivity (Wildman–Crippen MR) is 119 cm³/mol. The van der Waals surface area contributed by atoms with Gasteiger partial charge in [-0.1, -0.05) is 12.1 Å². The number of pyridine rings is 1. The number of benzene rings is 1. The average Bonchev–Trinajstić information content (AvgIpc) is 3.43. The minimum absolute atomic E-state index is 0.124. The summed E-state index contributed by atoms with van der Waals surface area (Å²) in [5.74, 6) is 2.79. The average molecular weight is 430 g/mol. The van der Waals surface area contributed by atoms with E-state index >= 15 is 0 Å². The van der Waals surface area contributed by atoms with Crippen molar-refractivity contribution >= 4 is 12.2 Å². The van der Waals surface area contributed by atoms with Crippen LogP contribution in [0.25, 0.3) is 18.0 Å². The third kappa shape index (κ3) is 3.91. The van der Waals surface area contributed by atoms with Gasteiger partial charge in [0.1, 0.15) is 18.0 Å². The van der Waals surface area contributed by atoms with Crippen LogP contribution in [0.5, 0.6) is 5.75 Å². The standard InChI is InChI=1S/C24H23FN6O/c1-16-14-30(15-27-16)24-21(32-2)12-17(13-26-24)5-10-22-28-23-20(4-3-11-31(23)29-22)18-6-8-19(25)9-7-18/h5-10,12-15,20H,3-4,11H2,1-2H3/b10-5+. The molecule has 0 saturated heterocycles. The summed E-state index contributed by atoms with van der Waals surface area (Å²) in [5, 5.41) is 4.65. The zero-order chi connectivity index (χ0) is 22.1. The van der Waals surface area contributed by atoms with Crippen molar-refractivity contribution in [2.75, 3.05) is 7.11 Å². The van der Waals surface area contributed by atoms with Crippen LogP contribution in [0.1, 0.15) is 47.2 Å². The van der Waals surface area contributed by atoms with E-state index in [-0.39, 0.29) is 11.7 Å². The Labute approximate surface area is 185 Å². The van der Waals surface area contributed by atoms with Crippen LogP contribution >= 0.6 is 0 Å². The van der Waals surface area contributed by atoms with Gasteiger partial charge >= 0.3 is 0 Å².